The second kappa shape index (κ2) is 11.0. The fraction of sp³-hybridized carbons (Fsp3) is 0.409. The summed E-state index contributed by atoms with van der Waals surface area (Å²) in [5.74, 6) is -0.0391. The molecule has 1 aliphatic rings. The van der Waals surface area contributed by atoms with Crippen LogP contribution in [0.2, 0.25) is 5.02 Å². The van der Waals surface area contributed by atoms with E-state index in [-0.39, 0.29) is 35.9 Å². The minimum atomic E-state index is -0.389. The van der Waals surface area contributed by atoms with Crippen LogP contribution in [0.25, 0.3) is 0 Å². The molecule has 0 bridgehead atoms. The molecule has 1 aromatic carbocycles. The van der Waals surface area contributed by atoms with Crippen molar-refractivity contribution >= 4 is 63.2 Å². The number of thiophene rings is 1. The summed E-state index contributed by atoms with van der Waals surface area (Å²) in [5.41, 5.74) is 2.15. The third-order valence-corrected chi connectivity index (χ3v) is 7.19. The Morgan fingerprint density at radius 2 is 1.84 bits per heavy atom. The zero-order valence-corrected chi connectivity index (χ0v) is 19.8. The Balaban J connectivity index is 1.56. The Kier molecular flexibility index (Phi) is 8.40. The fourth-order valence-corrected chi connectivity index (χ4v) is 5.55. The highest BCUT2D eigenvalue weighted by Gasteiger charge is 2.29. The smallest absolute Gasteiger partial charge is 0.341 e. The van der Waals surface area contributed by atoms with Gasteiger partial charge in [0.05, 0.1) is 23.7 Å². The van der Waals surface area contributed by atoms with Gasteiger partial charge in [-0.2, -0.15) is 0 Å². The Hall–Kier alpha value is -2.03. The molecule has 9 heteroatoms. The zero-order valence-electron chi connectivity index (χ0n) is 17.5. The van der Waals surface area contributed by atoms with Gasteiger partial charge >= 0.3 is 5.97 Å². The van der Waals surface area contributed by atoms with E-state index in [1.165, 1.54) is 23.1 Å². The predicted molar refractivity (Wildman–Crippen MR) is 128 cm³/mol. The first-order valence-corrected chi connectivity index (χ1v) is 12.5. The Morgan fingerprint density at radius 3 is 2.52 bits per heavy atom. The SMILES string of the molecule is CCOC(=O)c1c(NC(=O)CSCC(=O)Nc2ccc(Cl)cc2)sc2c1CC[C@@H](C)C2. The first kappa shape index (κ1) is 23.6. The van der Waals surface area contributed by atoms with Crippen molar-refractivity contribution in [2.45, 2.75) is 33.1 Å². The van der Waals surface area contributed by atoms with Crippen LogP contribution in [0.3, 0.4) is 0 Å². The summed E-state index contributed by atoms with van der Waals surface area (Å²) in [7, 11) is 0. The largest absolute Gasteiger partial charge is 0.462 e. The van der Waals surface area contributed by atoms with Crippen molar-refractivity contribution in [1.82, 2.24) is 0 Å². The molecule has 1 heterocycles. The minimum Gasteiger partial charge on any atom is -0.462 e. The molecule has 1 aliphatic carbocycles. The number of anilines is 2. The lowest BCUT2D eigenvalue weighted by atomic mass is 9.88. The van der Waals surface area contributed by atoms with E-state index >= 15 is 0 Å². The van der Waals surface area contributed by atoms with Crippen LogP contribution < -0.4 is 10.6 Å². The lowest BCUT2D eigenvalue weighted by molar-refractivity contribution is -0.114. The number of ether oxygens (including phenoxy) is 1. The quantitative estimate of drug-likeness (QED) is 0.518. The van der Waals surface area contributed by atoms with Crippen LogP contribution in [-0.4, -0.2) is 35.9 Å². The minimum absolute atomic E-state index is 0.106. The average molecular weight is 481 g/mol. The summed E-state index contributed by atoms with van der Waals surface area (Å²) in [5, 5.41) is 6.76. The van der Waals surface area contributed by atoms with Gasteiger partial charge in [0.2, 0.25) is 11.8 Å². The molecule has 0 radical (unpaired) electrons. The van der Waals surface area contributed by atoms with Crippen molar-refractivity contribution in [3.8, 4) is 0 Å². The molecular weight excluding hydrogens is 456 g/mol. The van der Waals surface area contributed by atoms with Gasteiger partial charge in [0.25, 0.3) is 0 Å². The number of esters is 1. The highest BCUT2D eigenvalue weighted by molar-refractivity contribution is 8.00. The number of carbonyl (C=O) groups excluding carboxylic acids is 3. The van der Waals surface area contributed by atoms with E-state index in [0.717, 1.165) is 29.7 Å². The number of hydrogen-bond donors (Lipinski definition) is 2. The normalized spacial score (nSPS) is 15.1. The van der Waals surface area contributed by atoms with Gasteiger partial charge in [-0.1, -0.05) is 18.5 Å². The van der Waals surface area contributed by atoms with Gasteiger partial charge in [-0.05, 0) is 61.9 Å². The predicted octanol–water partition coefficient (Wildman–Crippen LogP) is 5.01. The van der Waals surface area contributed by atoms with Gasteiger partial charge in [0.1, 0.15) is 5.00 Å². The molecule has 6 nitrogen and oxygen atoms in total. The Labute approximate surface area is 195 Å². The molecular formula is C22H25ClN2O4S2. The number of nitrogens with one attached hydrogen (secondary N) is 2. The second-order valence-electron chi connectivity index (χ2n) is 7.37. The fourth-order valence-electron chi connectivity index (χ4n) is 3.39. The molecule has 31 heavy (non-hydrogen) atoms. The van der Waals surface area contributed by atoms with E-state index in [1.807, 2.05) is 0 Å². The third-order valence-electron chi connectivity index (χ3n) is 4.84. The van der Waals surface area contributed by atoms with Crippen molar-refractivity contribution < 1.29 is 19.1 Å². The van der Waals surface area contributed by atoms with Crippen molar-refractivity contribution in [2.24, 2.45) is 5.92 Å². The number of carbonyl (C=O) groups is 3. The molecule has 0 fully saturated rings. The molecule has 0 saturated heterocycles. The summed E-state index contributed by atoms with van der Waals surface area (Å²) in [6.07, 6.45) is 2.74. The van der Waals surface area contributed by atoms with Crippen LogP contribution in [-0.2, 0) is 27.2 Å². The number of thioether (sulfide) groups is 1. The maximum absolute atomic E-state index is 12.5. The molecule has 2 aromatic rings. The number of halogens is 1. The first-order chi connectivity index (χ1) is 14.9. The van der Waals surface area contributed by atoms with Crippen LogP contribution in [0.1, 0.15) is 41.1 Å². The monoisotopic (exact) mass is 480 g/mol. The van der Waals surface area contributed by atoms with Gasteiger partial charge in [-0.15, -0.1) is 23.1 Å². The number of amides is 2. The second-order valence-corrected chi connectivity index (χ2v) is 9.90. The average Bonchev–Trinajstić information content (AvgIpc) is 3.06. The van der Waals surface area contributed by atoms with E-state index in [4.69, 9.17) is 16.3 Å². The highest BCUT2D eigenvalue weighted by atomic mass is 35.5. The molecule has 3 rings (SSSR count). The van der Waals surface area contributed by atoms with Gasteiger partial charge in [-0.25, -0.2) is 4.79 Å². The summed E-state index contributed by atoms with van der Waals surface area (Å²) in [6, 6.07) is 6.82. The molecule has 2 amide bonds. The third kappa shape index (κ3) is 6.48. The number of rotatable bonds is 8. The lowest BCUT2D eigenvalue weighted by Gasteiger charge is -2.18. The van der Waals surface area contributed by atoms with Crippen LogP contribution >= 0.6 is 34.7 Å². The van der Waals surface area contributed by atoms with Gasteiger partial charge in [-0.3, -0.25) is 9.59 Å². The topological polar surface area (TPSA) is 84.5 Å². The molecule has 0 spiro atoms. The zero-order chi connectivity index (χ0) is 22.4. The molecule has 166 valence electrons. The highest BCUT2D eigenvalue weighted by Crippen LogP contribution is 2.40. The maximum atomic E-state index is 12.5. The van der Waals surface area contributed by atoms with Crippen LogP contribution in [0.4, 0.5) is 10.7 Å². The van der Waals surface area contributed by atoms with Crippen molar-refractivity contribution in [3.63, 3.8) is 0 Å². The van der Waals surface area contributed by atoms with Gasteiger partial charge in [0, 0.05) is 15.6 Å². The van der Waals surface area contributed by atoms with E-state index in [2.05, 4.69) is 17.6 Å². The molecule has 0 unspecified atom stereocenters. The number of hydrogen-bond acceptors (Lipinski definition) is 6. The van der Waals surface area contributed by atoms with Gasteiger partial charge < -0.3 is 15.4 Å². The molecule has 1 atom stereocenters. The van der Waals surface area contributed by atoms with Crippen molar-refractivity contribution in [3.05, 3.63) is 45.3 Å². The van der Waals surface area contributed by atoms with Crippen LogP contribution in [0.15, 0.2) is 24.3 Å². The molecule has 1 aromatic heterocycles. The van der Waals surface area contributed by atoms with E-state index < -0.39 is 0 Å². The Morgan fingerprint density at radius 1 is 1.16 bits per heavy atom. The Bertz CT molecular complexity index is 959. The molecule has 2 N–H and O–H groups in total. The maximum Gasteiger partial charge on any atom is 0.341 e. The van der Waals surface area contributed by atoms with Crippen molar-refractivity contribution in [2.75, 3.05) is 28.7 Å². The van der Waals surface area contributed by atoms with Crippen LogP contribution in [0, 0.1) is 5.92 Å². The van der Waals surface area contributed by atoms with Crippen molar-refractivity contribution in [1.29, 1.82) is 0 Å². The molecule has 0 aliphatic heterocycles. The summed E-state index contributed by atoms with van der Waals surface area (Å²) < 4.78 is 5.23. The first-order valence-electron chi connectivity index (χ1n) is 10.1. The van der Waals surface area contributed by atoms with Crippen LogP contribution in [0.5, 0.6) is 0 Å². The summed E-state index contributed by atoms with van der Waals surface area (Å²) in [4.78, 5) is 38.2. The lowest BCUT2D eigenvalue weighted by Crippen LogP contribution is -2.19. The number of fused-ring (bicyclic) bond motifs is 1. The summed E-state index contributed by atoms with van der Waals surface area (Å²) >= 11 is 8.50. The molecule has 0 saturated carbocycles. The van der Waals surface area contributed by atoms with E-state index in [9.17, 15) is 14.4 Å². The number of benzene rings is 1. The van der Waals surface area contributed by atoms with Gasteiger partial charge in [0.15, 0.2) is 0 Å². The van der Waals surface area contributed by atoms with E-state index in [1.54, 1.807) is 31.2 Å². The van der Waals surface area contributed by atoms with E-state index in [0.29, 0.717) is 27.2 Å². The standard InChI is InChI=1S/C22H25ClN2O4S2/c1-3-29-22(28)20-16-9-4-13(2)10-17(16)31-21(20)25-19(27)12-30-11-18(26)24-15-7-5-14(23)6-8-15/h5-8,13H,3-4,9-12H2,1-2H3,(H,24,26)(H,25,27)/t13-/m1/s1. The summed E-state index contributed by atoms with van der Waals surface area (Å²) in [6.45, 7) is 4.24.